The molecule has 0 bridgehead atoms. The van der Waals surface area contributed by atoms with Gasteiger partial charge in [0.2, 0.25) is 6.54 Å². The summed E-state index contributed by atoms with van der Waals surface area (Å²) in [4.78, 5) is 24.6. The monoisotopic (exact) mass is 415 g/mol. The largest absolute Gasteiger partial charge is 1.00 e. The normalized spacial score (nSPS) is 10.7. The molecule has 7 nitrogen and oxygen atoms in total. The summed E-state index contributed by atoms with van der Waals surface area (Å²) in [6, 6.07) is 5.58. The van der Waals surface area contributed by atoms with Crippen molar-refractivity contribution in [3.63, 3.8) is 0 Å². The van der Waals surface area contributed by atoms with E-state index in [-0.39, 0.29) is 47.8 Å². The minimum atomic E-state index is -0.243. The Morgan fingerprint density at radius 2 is 1.60 bits per heavy atom. The second kappa shape index (κ2) is 11.9. The number of hydrazine groups is 2. The number of nitrogens with zero attached hydrogens (tertiary/aromatic N) is 3. The summed E-state index contributed by atoms with van der Waals surface area (Å²) >= 11 is 0. The highest BCUT2D eigenvalue weighted by Gasteiger charge is 2.21. The lowest BCUT2D eigenvalue weighted by atomic mass is 10.2. The van der Waals surface area contributed by atoms with Crippen molar-refractivity contribution in [3.05, 3.63) is 30.6 Å². The predicted octanol–water partition coefficient (Wildman–Crippen LogP) is -2.67. The summed E-state index contributed by atoms with van der Waals surface area (Å²) in [6.07, 6.45) is 3.61. The Kier molecular flexibility index (Phi) is 11.2. The van der Waals surface area contributed by atoms with Gasteiger partial charge < -0.3 is 17.0 Å². The molecule has 0 aromatic carbocycles. The standard InChI is InChI=1S/C17H29N5O2.BrH/c1-14(2)10-21(18)13-17(24)22(11-15(3)4)19-16(23)12-20-8-6-5-7-9-20;/h5-9,14-15H,10-13,18H2,1-4H3;1H. The van der Waals surface area contributed by atoms with Crippen LogP contribution in [0.3, 0.4) is 0 Å². The zero-order chi connectivity index (χ0) is 18.1. The van der Waals surface area contributed by atoms with E-state index in [1.165, 1.54) is 10.0 Å². The van der Waals surface area contributed by atoms with E-state index in [4.69, 9.17) is 5.84 Å². The van der Waals surface area contributed by atoms with Crippen LogP contribution in [0.5, 0.6) is 0 Å². The lowest BCUT2D eigenvalue weighted by Gasteiger charge is -2.27. The lowest BCUT2D eigenvalue weighted by Crippen LogP contribution is -3.00. The third kappa shape index (κ3) is 10.2. The molecular formula is C17H30BrN5O2. The van der Waals surface area contributed by atoms with Gasteiger partial charge in [0, 0.05) is 25.2 Å². The Bertz CT molecular complexity index is 525. The summed E-state index contributed by atoms with van der Waals surface area (Å²) in [7, 11) is 0. The molecule has 0 aliphatic carbocycles. The first-order valence-electron chi connectivity index (χ1n) is 8.31. The number of carbonyl (C=O) groups excluding carboxylic acids is 2. The summed E-state index contributed by atoms with van der Waals surface area (Å²) in [6.45, 7) is 9.35. The van der Waals surface area contributed by atoms with E-state index in [0.717, 1.165) is 0 Å². The molecule has 0 saturated heterocycles. The molecule has 25 heavy (non-hydrogen) atoms. The molecule has 0 radical (unpaired) electrons. The molecule has 142 valence electrons. The molecular weight excluding hydrogens is 386 g/mol. The van der Waals surface area contributed by atoms with Crippen LogP contribution >= 0.6 is 0 Å². The Morgan fingerprint density at radius 3 is 2.12 bits per heavy atom. The van der Waals surface area contributed by atoms with Gasteiger partial charge in [-0.15, -0.1) is 0 Å². The van der Waals surface area contributed by atoms with Crippen LogP contribution in [-0.4, -0.2) is 41.5 Å². The van der Waals surface area contributed by atoms with Gasteiger partial charge in [-0.25, -0.2) is 5.01 Å². The predicted molar refractivity (Wildman–Crippen MR) is 91.9 cm³/mol. The van der Waals surface area contributed by atoms with Gasteiger partial charge in [0.15, 0.2) is 12.4 Å². The van der Waals surface area contributed by atoms with Gasteiger partial charge in [-0.3, -0.25) is 25.9 Å². The average molecular weight is 416 g/mol. The molecule has 1 aromatic heterocycles. The summed E-state index contributed by atoms with van der Waals surface area (Å²) in [5, 5.41) is 2.86. The molecule has 0 fully saturated rings. The molecule has 3 N–H and O–H groups in total. The van der Waals surface area contributed by atoms with E-state index in [0.29, 0.717) is 19.0 Å². The minimum absolute atomic E-state index is 0. The number of rotatable bonds is 8. The maximum Gasteiger partial charge on any atom is 0.304 e. The fraction of sp³-hybridized carbons (Fsp3) is 0.588. The fourth-order valence-corrected chi connectivity index (χ4v) is 2.26. The summed E-state index contributed by atoms with van der Waals surface area (Å²) < 4.78 is 1.75. The van der Waals surface area contributed by atoms with E-state index in [1.54, 1.807) is 17.0 Å². The van der Waals surface area contributed by atoms with E-state index in [9.17, 15) is 9.59 Å². The molecule has 0 aliphatic rings. The van der Waals surface area contributed by atoms with E-state index < -0.39 is 0 Å². The molecule has 2 amide bonds. The Balaban J connectivity index is 0.00000576. The van der Waals surface area contributed by atoms with Crippen molar-refractivity contribution < 1.29 is 31.1 Å². The zero-order valence-corrected chi connectivity index (χ0v) is 17.1. The van der Waals surface area contributed by atoms with Crippen molar-refractivity contribution in [2.24, 2.45) is 17.7 Å². The molecule has 0 aliphatic heterocycles. The minimum Gasteiger partial charge on any atom is -1.00 e. The highest BCUT2D eigenvalue weighted by atomic mass is 79.9. The number of aromatic nitrogens is 1. The van der Waals surface area contributed by atoms with Crippen LogP contribution in [-0.2, 0) is 16.1 Å². The number of hydrogen-bond donors (Lipinski definition) is 2. The van der Waals surface area contributed by atoms with Gasteiger partial charge >= 0.3 is 5.91 Å². The van der Waals surface area contributed by atoms with Crippen LogP contribution < -0.4 is 32.8 Å². The number of amides is 2. The highest BCUT2D eigenvalue weighted by molar-refractivity contribution is 5.82. The smallest absolute Gasteiger partial charge is 0.304 e. The van der Waals surface area contributed by atoms with Gasteiger partial charge in [-0.1, -0.05) is 33.8 Å². The van der Waals surface area contributed by atoms with Crippen LogP contribution in [0.15, 0.2) is 30.6 Å². The van der Waals surface area contributed by atoms with Crippen LogP contribution in [0.1, 0.15) is 27.7 Å². The van der Waals surface area contributed by atoms with Crippen LogP contribution in [0, 0.1) is 11.8 Å². The lowest BCUT2D eigenvalue weighted by molar-refractivity contribution is -0.684. The van der Waals surface area contributed by atoms with Crippen molar-refractivity contribution >= 4 is 11.8 Å². The van der Waals surface area contributed by atoms with E-state index >= 15 is 0 Å². The Morgan fingerprint density at radius 1 is 1.04 bits per heavy atom. The van der Waals surface area contributed by atoms with Crippen molar-refractivity contribution in [1.29, 1.82) is 0 Å². The Hall–Kier alpha value is -1.51. The third-order valence-corrected chi connectivity index (χ3v) is 3.15. The van der Waals surface area contributed by atoms with Gasteiger partial charge in [-0.05, 0) is 11.8 Å². The van der Waals surface area contributed by atoms with Gasteiger partial charge in [0.05, 0.1) is 6.54 Å². The molecule has 0 unspecified atom stereocenters. The number of pyridine rings is 1. The third-order valence-electron chi connectivity index (χ3n) is 3.15. The number of nitrogens with two attached hydrogens (primary N) is 1. The number of hydrogen-bond acceptors (Lipinski definition) is 4. The van der Waals surface area contributed by atoms with Crippen molar-refractivity contribution in [1.82, 2.24) is 15.4 Å². The first-order valence-corrected chi connectivity index (χ1v) is 8.31. The van der Waals surface area contributed by atoms with Crippen LogP contribution in [0.2, 0.25) is 0 Å². The maximum absolute atomic E-state index is 12.4. The first kappa shape index (κ1) is 23.5. The van der Waals surface area contributed by atoms with Crippen LogP contribution in [0.4, 0.5) is 0 Å². The number of carbonyl (C=O) groups is 2. The van der Waals surface area contributed by atoms with E-state index in [1.807, 2.05) is 45.9 Å². The number of nitrogens with one attached hydrogen (secondary N) is 1. The second-order valence-corrected chi connectivity index (χ2v) is 6.80. The van der Waals surface area contributed by atoms with Gasteiger partial charge in [0.1, 0.15) is 0 Å². The molecule has 0 spiro atoms. The van der Waals surface area contributed by atoms with Crippen molar-refractivity contribution in [2.45, 2.75) is 34.2 Å². The van der Waals surface area contributed by atoms with Crippen molar-refractivity contribution in [3.8, 4) is 0 Å². The second-order valence-electron chi connectivity index (χ2n) is 6.80. The molecule has 1 heterocycles. The zero-order valence-electron chi connectivity index (χ0n) is 15.5. The maximum atomic E-state index is 12.4. The molecule has 0 saturated carbocycles. The van der Waals surface area contributed by atoms with E-state index in [2.05, 4.69) is 5.43 Å². The summed E-state index contributed by atoms with van der Waals surface area (Å²) in [5.74, 6) is 6.01. The molecule has 1 rings (SSSR count). The van der Waals surface area contributed by atoms with Gasteiger partial charge in [-0.2, -0.15) is 4.57 Å². The number of halogens is 1. The average Bonchev–Trinajstić information content (AvgIpc) is 2.46. The quantitative estimate of drug-likeness (QED) is 0.275. The molecule has 0 atom stereocenters. The molecule has 1 aromatic rings. The SMILES string of the molecule is CC(C)CN(N)CC(=O)N(CC(C)C)NC(=O)C[n+]1ccccc1.[Br-]. The topological polar surface area (TPSA) is 82.5 Å². The van der Waals surface area contributed by atoms with Crippen LogP contribution in [0.25, 0.3) is 0 Å². The molecule has 8 heteroatoms. The summed E-state index contributed by atoms with van der Waals surface area (Å²) in [5.41, 5.74) is 2.70. The van der Waals surface area contributed by atoms with Gasteiger partial charge in [0.25, 0.3) is 5.91 Å². The highest BCUT2D eigenvalue weighted by Crippen LogP contribution is 1.99. The van der Waals surface area contributed by atoms with Crippen molar-refractivity contribution in [2.75, 3.05) is 19.6 Å². The fourth-order valence-electron chi connectivity index (χ4n) is 2.26. The first-order chi connectivity index (χ1) is 11.3. The Labute approximate surface area is 160 Å².